The molecule has 4 heteroatoms. The molecule has 2 N–H and O–H groups in total. The van der Waals surface area contributed by atoms with Crippen LogP contribution in [0.1, 0.15) is 57.8 Å². The summed E-state index contributed by atoms with van der Waals surface area (Å²) in [5.41, 5.74) is 0.182. The van der Waals surface area contributed by atoms with Crippen LogP contribution in [0.5, 0.6) is 0 Å². The molecule has 2 saturated carbocycles. The smallest absolute Gasteiger partial charge is 0.234 e. The topological polar surface area (TPSA) is 44.4 Å². The van der Waals surface area contributed by atoms with E-state index in [9.17, 15) is 4.79 Å². The zero-order valence-corrected chi connectivity index (χ0v) is 13.2. The van der Waals surface area contributed by atoms with Crippen molar-refractivity contribution in [2.45, 2.75) is 69.4 Å². The zero-order valence-electron chi connectivity index (χ0n) is 13.2. The number of hydrogen-bond acceptors (Lipinski definition) is 3. The average molecular weight is 281 g/mol. The number of carbonyl (C=O) groups excluding carboxylic acids is 1. The van der Waals surface area contributed by atoms with E-state index in [0.29, 0.717) is 12.6 Å². The van der Waals surface area contributed by atoms with Gasteiger partial charge in [0.05, 0.1) is 6.54 Å². The van der Waals surface area contributed by atoms with Crippen molar-refractivity contribution in [2.75, 3.05) is 27.2 Å². The van der Waals surface area contributed by atoms with Gasteiger partial charge in [-0.2, -0.15) is 0 Å². The van der Waals surface area contributed by atoms with Gasteiger partial charge in [-0.05, 0) is 39.8 Å². The third-order valence-electron chi connectivity index (χ3n) is 5.25. The highest BCUT2D eigenvalue weighted by atomic mass is 16.1. The van der Waals surface area contributed by atoms with Crippen molar-refractivity contribution in [3.63, 3.8) is 0 Å². The highest BCUT2D eigenvalue weighted by molar-refractivity contribution is 5.78. The molecule has 2 aliphatic carbocycles. The first-order valence-electron chi connectivity index (χ1n) is 8.30. The lowest BCUT2D eigenvalue weighted by Crippen LogP contribution is -2.54. The summed E-state index contributed by atoms with van der Waals surface area (Å²) in [6.45, 7) is 1.28. The fourth-order valence-electron chi connectivity index (χ4n) is 3.68. The van der Waals surface area contributed by atoms with Crippen LogP contribution in [0.15, 0.2) is 0 Å². The highest BCUT2D eigenvalue weighted by Crippen LogP contribution is 2.31. The molecular formula is C16H31N3O. The molecule has 2 fully saturated rings. The van der Waals surface area contributed by atoms with Crippen molar-refractivity contribution < 1.29 is 4.79 Å². The van der Waals surface area contributed by atoms with E-state index in [0.717, 1.165) is 6.54 Å². The molecule has 0 aromatic rings. The number of hydrogen-bond donors (Lipinski definition) is 2. The molecule has 0 aliphatic heterocycles. The number of amides is 1. The van der Waals surface area contributed by atoms with Crippen LogP contribution in [0.4, 0.5) is 0 Å². The second-order valence-electron chi connectivity index (χ2n) is 6.82. The normalized spacial score (nSPS) is 23.1. The second kappa shape index (κ2) is 7.41. The molecule has 0 aromatic carbocycles. The van der Waals surface area contributed by atoms with Crippen LogP contribution >= 0.6 is 0 Å². The largest absolute Gasteiger partial charge is 0.353 e. The van der Waals surface area contributed by atoms with Crippen LogP contribution < -0.4 is 10.6 Å². The Bertz CT molecular complexity index is 305. The monoisotopic (exact) mass is 281 g/mol. The lowest BCUT2D eigenvalue weighted by Gasteiger charge is -2.43. The van der Waals surface area contributed by atoms with Crippen molar-refractivity contribution >= 4 is 5.91 Å². The van der Waals surface area contributed by atoms with Crippen LogP contribution in [0.3, 0.4) is 0 Å². The van der Waals surface area contributed by atoms with Gasteiger partial charge < -0.3 is 15.5 Å². The van der Waals surface area contributed by atoms with Crippen molar-refractivity contribution in [1.29, 1.82) is 0 Å². The minimum atomic E-state index is 0.156. The number of nitrogens with zero attached hydrogens (tertiary/aromatic N) is 1. The van der Waals surface area contributed by atoms with Crippen molar-refractivity contribution in [3.05, 3.63) is 0 Å². The summed E-state index contributed by atoms with van der Waals surface area (Å²) in [6.07, 6.45) is 11.4. The zero-order chi connectivity index (χ0) is 14.4. The SMILES string of the molecule is CN(C)C1(CNC(=O)CNC2CCCC2)CCCCC1. The summed E-state index contributed by atoms with van der Waals surface area (Å²) in [4.78, 5) is 14.3. The van der Waals surface area contributed by atoms with Crippen LogP contribution in [-0.2, 0) is 4.79 Å². The van der Waals surface area contributed by atoms with E-state index in [1.165, 1.54) is 57.8 Å². The number of likely N-dealkylation sites (N-methyl/N-ethyl adjacent to an activating group) is 1. The molecule has 0 radical (unpaired) electrons. The van der Waals surface area contributed by atoms with Crippen molar-refractivity contribution in [3.8, 4) is 0 Å². The number of rotatable bonds is 6. The van der Waals surface area contributed by atoms with Gasteiger partial charge in [0.15, 0.2) is 0 Å². The van der Waals surface area contributed by atoms with E-state index in [4.69, 9.17) is 0 Å². The van der Waals surface area contributed by atoms with Gasteiger partial charge in [0.25, 0.3) is 0 Å². The molecule has 2 rings (SSSR count). The predicted molar refractivity (Wildman–Crippen MR) is 82.8 cm³/mol. The van der Waals surface area contributed by atoms with Crippen LogP contribution in [0.2, 0.25) is 0 Å². The molecule has 0 spiro atoms. The van der Waals surface area contributed by atoms with E-state index in [1.54, 1.807) is 0 Å². The summed E-state index contributed by atoms with van der Waals surface area (Å²) in [7, 11) is 4.29. The van der Waals surface area contributed by atoms with E-state index >= 15 is 0 Å². The molecule has 2 aliphatic rings. The molecular weight excluding hydrogens is 250 g/mol. The molecule has 0 unspecified atom stereocenters. The minimum absolute atomic E-state index is 0.156. The van der Waals surface area contributed by atoms with Gasteiger partial charge in [-0.3, -0.25) is 4.79 Å². The fourth-order valence-corrected chi connectivity index (χ4v) is 3.68. The van der Waals surface area contributed by atoms with Crippen LogP contribution in [0, 0.1) is 0 Å². The highest BCUT2D eigenvalue weighted by Gasteiger charge is 2.34. The quantitative estimate of drug-likeness (QED) is 0.781. The average Bonchev–Trinajstić information content (AvgIpc) is 2.97. The standard InChI is InChI=1S/C16H31N3O/c1-19(2)16(10-6-3-7-11-16)13-18-15(20)12-17-14-8-4-5-9-14/h14,17H,3-13H2,1-2H3,(H,18,20). The Morgan fingerprint density at radius 3 is 2.35 bits per heavy atom. The van der Waals surface area contributed by atoms with Gasteiger partial charge in [-0.15, -0.1) is 0 Å². The lowest BCUT2D eigenvalue weighted by atomic mass is 9.80. The minimum Gasteiger partial charge on any atom is -0.353 e. The lowest BCUT2D eigenvalue weighted by molar-refractivity contribution is -0.121. The Hall–Kier alpha value is -0.610. The first-order valence-corrected chi connectivity index (χ1v) is 8.30. The Morgan fingerprint density at radius 1 is 1.10 bits per heavy atom. The molecule has 0 aromatic heterocycles. The third kappa shape index (κ3) is 4.19. The molecule has 20 heavy (non-hydrogen) atoms. The Morgan fingerprint density at radius 2 is 1.75 bits per heavy atom. The molecule has 4 nitrogen and oxygen atoms in total. The Labute approximate surface area is 123 Å². The van der Waals surface area contributed by atoms with Gasteiger partial charge in [-0.1, -0.05) is 32.1 Å². The van der Waals surface area contributed by atoms with Gasteiger partial charge in [-0.25, -0.2) is 0 Å². The molecule has 0 atom stereocenters. The van der Waals surface area contributed by atoms with Crippen LogP contribution in [-0.4, -0.2) is 49.6 Å². The maximum Gasteiger partial charge on any atom is 0.234 e. The fraction of sp³-hybridized carbons (Fsp3) is 0.938. The maximum absolute atomic E-state index is 12.0. The molecule has 0 heterocycles. The summed E-state index contributed by atoms with van der Waals surface area (Å²) in [5, 5.41) is 6.54. The van der Waals surface area contributed by atoms with Gasteiger partial charge in [0.2, 0.25) is 5.91 Å². The van der Waals surface area contributed by atoms with Crippen molar-refractivity contribution in [2.24, 2.45) is 0 Å². The van der Waals surface area contributed by atoms with E-state index in [-0.39, 0.29) is 11.4 Å². The molecule has 0 saturated heterocycles. The van der Waals surface area contributed by atoms with E-state index in [1.807, 2.05) is 0 Å². The summed E-state index contributed by atoms with van der Waals surface area (Å²) < 4.78 is 0. The van der Waals surface area contributed by atoms with Crippen molar-refractivity contribution in [1.82, 2.24) is 15.5 Å². The van der Waals surface area contributed by atoms with Gasteiger partial charge in [0.1, 0.15) is 0 Å². The number of nitrogens with one attached hydrogen (secondary N) is 2. The van der Waals surface area contributed by atoms with Crippen LogP contribution in [0.25, 0.3) is 0 Å². The third-order valence-corrected chi connectivity index (χ3v) is 5.25. The molecule has 116 valence electrons. The maximum atomic E-state index is 12.0. The Kier molecular flexibility index (Phi) is 5.85. The van der Waals surface area contributed by atoms with E-state index in [2.05, 4.69) is 29.6 Å². The first kappa shape index (κ1) is 15.8. The van der Waals surface area contributed by atoms with Gasteiger partial charge >= 0.3 is 0 Å². The number of carbonyl (C=O) groups is 1. The Balaban J connectivity index is 1.72. The molecule has 1 amide bonds. The summed E-state index contributed by atoms with van der Waals surface area (Å²) in [6, 6.07) is 0.568. The second-order valence-corrected chi connectivity index (χ2v) is 6.82. The van der Waals surface area contributed by atoms with Gasteiger partial charge in [0, 0.05) is 18.1 Å². The summed E-state index contributed by atoms with van der Waals surface area (Å²) >= 11 is 0. The predicted octanol–water partition coefficient (Wildman–Crippen LogP) is 1.90. The molecule has 0 bridgehead atoms. The summed E-state index contributed by atoms with van der Waals surface area (Å²) in [5.74, 6) is 0.156. The van der Waals surface area contributed by atoms with E-state index < -0.39 is 0 Å². The first-order chi connectivity index (χ1) is 9.62.